The number of hydrogen-bond acceptors (Lipinski definition) is 6. The van der Waals surface area contributed by atoms with E-state index < -0.39 is 12.1 Å². The van der Waals surface area contributed by atoms with E-state index in [4.69, 9.17) is 15.6 Å². The highest BCUT2D eigenvalue weighted by Gasteiger charge is 2.38. The van der Waals surface area contributed by atoms with Crippen molar-refractivity contribution in [3.05, 3.63) is 60.7 Å². The van der Waals surface area contributed by atoms with Gasteiger partial charge in [-0.3, -0.25) is 14.6 Å². The summed E-state index contributed by atoms with van der Waals surface area (Å²) in [5.74, 6) is -2.21. The highest BCUT2D eigenvalue weighted by Crippen LogP contribution is 2.27. The number of carboxylic acids is 1. The standard InChI is InChI=1S/C22H27N7O.C2HF3O2/c1-28-15-17(12-27-28)20-13-25-21(14-24-20)29(19-9-7-18(23)8-10-19)22(30)26-11-16-5-3-2-4-6-16;3-2(4,5)1(6)7/h2-6,12-15,18-19H,7-11,23H2,1H3,(H,26,30);(H,6,7). The lowest BCUT2D eigenvalue weighted by Crippen LogP contribution is -2.49. The van der Waals surface area contributed by atoms with Crippen LogP contribution in [0.4, 0.5) is 23.8 Å². The van der Waals surface area contributed by atoms with E-state index >= 15 is 0 Å². The monoisotopic (exact) mass is 519 g/mol. The van der Waals surface area contributed by atoms with Crippen LogP contribution in [0.2, 0.25) is 0 Å². The number of halogens is 3. The number of aryl methyl sites for hydroxylation is 1. The first kappa shape index (κ1) is 27.6. The number of alkyl halides is 3. The molecule has 0 spiro atoms. The number of benzene rings is 1. The number of carbonyl (C=O) groups excluding carboxylic acids is 1. The number of carboxylic acid groups (broad SMARTS) is 1. The molecule has 0 radical (unpaired) electrons. The number of nitrogens with two attached hydrogens (primary N) is 1. The van der Waals surface area contributed by atoms with Gasteiger partial charge in [0, 0.05) is 37.4 Å². The summed E-state index contributed by atoms with van der Waals surface area (Å²) in [5.41, 5.74) is 8.74. The van der Waals surface area contributed by atoms with Gasteiger partial charge in [-0.05, 0) is 31.2 Å². The maximum absolute atomic E-state index is 13.2. The zero-order valence-corrected chi connectivity index (χ0v) is 20.1. The lowest BCUT2D eigenvalue weighted by molar-refractivity contribution is -0.192. The average Bonchev–Trinajstić information content (AvgIpc) is 3.31. The Labute approximate surface area is 211 Å². The molecule has 1 fully saturated rings. The molecular formula is C24H28F3N7O3. The van der Waals surface area contributed by atoms with Gasteiger partial charge < -0.3 is 16.2 Å². The normalized spacial score (nSPS) is 17.3. The highest BCUT2D eigenvalue weighted by atomic mass is 19.4. The van der Waals surface area contributed by atoms with Crippen LogP contribution in [0.3, 0.4) is 0 Å². The number of anilines is 1. The Balaban J connectivity index is 0.000000479. The fourth-order valence-corrected chi connectivity index (χ4v) is 3.82. The molecule has 13 heteroatoms. The summed E-state index contributed by atoms with van der Waals surface area (Å²) in [7, 11) is 1.86. The van der Waals surface area contributed by atoms with E-state index in [1.807, 2.05) is 43.6 Å². The van der Waals surface area contributed by atoms with Crippen LogP contribution in [-0.2, 0) is 18.4 Å². The van der Waals surface area contributed by atoms with Gasteiger partial charge in [-0.1, -0.05) is 30.3 Å². The maximum Gasteiger partial charge on any atom is 0.490 e. The molecule has 0 unspecified atom stereocenters. The molecule has 2 amide bonds. The lowest BCUT2D eigenvalue weighted by Gasteiger charge is -2.35. The van der Waals surface area contributed by atoms with Gasteiger partial charge in [0.1, 0.15) is 0 Å². The van der Waals surface area contributed by atoms with Crippen LogP contribution in [0.25, 0.3) is 11.3 Å². The van der Waals surface area contributed by atoms with Crippen LogP contribution in [0.15, 0.2) is 55.1 Å². The molecule has 37 heavy (non-hydrogen) atoms. The van der Waals surface area contributed by atoms with E-state index in [1.165, 1.54) is 0 Å². The van der Waals surface area contributed by atoms with Crippen molar-refractivity contribution < 1.29 is 27.9 Å². The van der Waals surface area contributed by atoms with E-state index in [-0.39, 0.29) is 18.1 Å². The Morgan fingerprint density at radius 1 is 1.11 bits per heavy atom. The Bertz CT molecular complexity index is 1160. The number of aliphatic carboxylic acids is 1. The Hall–Kier alpha value is -4.00. The molecule has 10 nitrogen and oxygen atoms in total. The van der Waals surface area contributed by atoms with Crippen molar-refractivity contribution in [2.24, 2.45) is 12.8 Å². The van der Waals surface area contributed by atoms with Gasteiger partial charge in [0.2, 0.25) is 0 Å². The smallest absolute Gasteiger partial charge is 0.475 e. The molecule has 198 valence electrons. The summed E-state index contributed by atoms with van der Waals surface area (Å²) in [6.45, 7) is 0.462. The van der Waals surface area contributed by atoms with Crippen LogP contribution >= 0.6 is 0 Å². The topological polar surface area (TPSA) is 139 Å². The molecule has 1 aliphatic rings. The number of carbonyl (C=O) groups is 2. The van der Waals surface area contributed by atoms with Crippen molar-refractivity contribution in [3.63, 3.8) is 0 Å². The van der Waals surface area contributed by atoms with Crippen LogP contribution in [0.1, 0.15) is 31.2 Å². The molecule has 2 heterocycles. The summed E-state index contributed by atoms with van der Waals surface area (Å²) in [4.78, 5) is 32.9. The van der Waals surface area contributed by atoms with E-state index in [0.29, 0.717) is 12.4 Å². The van der Waals surface area contributed by atoms with E-state index in [2.05, 4.69) is 20.4 Å². The van der Waals surface area contributed by atoms with Gasteiger partial charge >= 0.3 is 18.2 Å². The zero-order chi connectivity index (χ0) is 27.0. The quantitative estimate of drug-likeness (QED) is 0.469. The van der Waals surface area contributed by atoms with Gasteiger partial charge in [0.05, 0.1) is 24.3 Å². The second-order valence-corrected chi connectivity index (χ2v) is 8.55. The van der Waals surface area contributed by atoms with E-state index in [0.717, 1.165) is 42.5 Å². The molecule has 1 saturated carbocycles. The van der Waals surface area contributed by atoms with Crippen molar-refractivity contribution in [2.45, 2.75) is 50.5 Å². The summed E-state index contributed by atoms with van der Waals surface area (Å²) < 4.78 is 33.5. The van der Waals surface area contributed by atoms with Crippen LogP contribution in [0, 0.1) is 0 Å². The number of amides is 2. The maximum atomic E-state index is 13.2. The largest absolute Gasteiger partial charge is 0.490 e. The van der Waals surface area contributed by atoms with Crippen LogP contribution in [0.5, 0.6) is 0 Å². The third kappa shape index (κ3) is 8.00. The molecule has 2 aromatic heterocycles. The van der Waals surface area contributed by atoms with Crippen molar-refractivity contribution in [3.8, 4) is 11.3 Å². The summed E-state index contributed by atoms with van der Waals surface area (Å²) in [6, 6.07) is 9.97. The molecule has 0 saturated heterocycles. The zero-order valence-electron chi connectivity index (χ0n) is 20.1. The SMILES string of the molecule is Cn1cc(-c2cnc(N(C(=O)NCc3ccccc3)C3CCC(N)CC3)cn2)cn1.O=C(O)C(F)(F)F. The number of aromatic nitrogens is 4. The predicted octanol–water partition coefficient (Wildman–Crippen LogP) is 3.50. The van der Waals surface area contributed by atoms with E-state index in [9.17, 15) is 18.0 Å². The number of hydrogen-bond donors (Lipinski definition) is 3. The summed E-state index contributed by atoms with van der Waals surface area (Å²) in [6.07, 6.45) is 5.41. The fourth-order valence-electron chi connectivity index (χ4n) is 3.82. The van der Waals surface area contributed by atoms with Crippen molar-refractivity contribution in [1.29, 1.82) is 0 Å². The Morgan fingerprint density at radius 3 is 2.27 bits per heavy atom. The van der Waals surface area contributed by atoms with Gasteiger partial charge in [-0.25, -0.2) is 14.6 Å². The molecule has 4 N–H and O–H groups in total. The fraction of sp³-hybridized carbons (Fsp3) is 0.375. The van der Waals surface area contributed by atoms with Gasteiger partial charge in [-0.15, -0.1) is 0 Å². The predicted molar refractivity (Wildman–Crippen MR) is 129 cm³/mol. The minimum Gasteiger partial charge on any atom is -0.475 e. The van der Waals surface area contributed by atoms with E-state index in [1.54, 1.807) is 28.2 Å². The minimum atomic E-state index is -5.08. The minimum absolute atomic E-state index is 0.0547. The molecule has 1 aromatic carbocycles. The second-order valence-electron chi connectivity index (χ2n) is 8.55. The third-order valence-corrected chi connectivity index (χ3v) is 5.74. The van der Waals surface area contributed by atoms with Gasteiger partial charge in [0.25, 0.3) is 0 Å². The first-order chi connectivity index (χ1) is 17.5. The number of urea groups is 1. The molecular weight excluding hydrogens is 491 g/mol. The first-order valence-electron chi connectivity index (χ1n) is 11.5. The molecule has 4 rings (SSSR count). The van der Waals surface area contributed by atoms with Crippen molar-refractivity contribution >= 4 is 17.8 Å². The summed E-state index contributed by atoms with van der Waals surface area (Å²) in [5, 5.41) is 14.3. The molecule has 0 atom stereocenters. The lowest BCUT2D eigenvalue weighted by atomic mass is 9.91. The second kappa shape index (κ2) is 12.3. The molecule has 0 aliphatic heterocycles. The van der Waals surface area contributed by atoms with Gasteiger partial charge in [-0.2, -0.15) is 18.3 Å². The van der Waals surface area contributed by atoms with Crippen LogP contribution in [-0.4, -0.2) is 55.1 Å². The summed E-state index contributed by atoms with van der Waals surface area (Å²) >= 11 is 0. The number of nitrogens with zero attached hydrogens (tertiary/aromatic N) is 5. The van der Waals surface area contributed by atoms with Gasteiger partial charge in [0.15, 0.2) is 5.82 Å². The Kier molecular flexibility index (Phi) is 9.17. The van der Waals surface area contributed by atoms with Crippen molar-refractivity contribution in [1.82, 2.24) is 25.1 Å². The molecule has 3 aromatic rings. The van der Waals surface area contributed by atoms with Crippen molar-refractivity contribution in [2.75, 3.05) is 4.90 Å². The third-order valence-electron chi connectivity index (χ3n) is 5.74. The molecule has 1 aliphatic carbocycles. The molecule has 0 bridgehead atoms. The number of rotatable bonds is 5. The highest BCUT2D eigenvalue weighted by molar-refractivity contribution is 5.91. The number of nitrogens with one attached hydrogen (secondary N) is 1. The Morgan fingerprint density at radius 2 is 1.76 bits per heavy atom. The van der Waals surface area contributed by atoms with Crippen LogP contribution < -0.4 is 16.0 Å². The first-order valence-corrected chi connectivity index (χ1v) is 11.5. The average molecular weight is 520 g/mol.